The topological polar surface area (TPSA) is 23.5 Å². The Hall–Kier alpha value is -0.0800. The van der Waals surface area contributed by atoms with Crippen LogP contribution in [0, 0.1) is 11.8 Å². The SMILES string of the molecule is CCC1CN(C2CCCCC2CC)CCC1O. The standard InChI is InChI=1S/C15H29NO/c1-3-12-7-5-6-8-14(12)16-10-9-15(17)13(4-2)11-16/h12-15,17H,3-11H2,1-2H3. The molecule has 2 aliphatic rings. The van der Waals surface area contributed by atoms with E-state index in [1.54, 1.807) is 0 Å². The second-order valence-corrected chi connectivity index (χ2v) is 6.04. The Morgan fingerprint density at radius 3 is 2.41 bits per heavy atom. The molecule has 1 saturated carbocycles. The summed E-state index contributed by atoms with van der Waals surface area (Å²) < 4.78 is 0. The fraction of sp³-hybridized carbons (Fsp3) is 1.00. The monoisotopic (exact) mass is 239 g/mol. The zero-order valence-electron chi connectivity index (χ0n) is 11.6. The Kier molecular flexibility index (Phi) is 4.87. The van der Waals surface area contributed by atoms with Gasteiger partial charge in [-0.05, 0) is 37.5 Å². The highest BCUT2D eigenvalue weighted by atomic mass is 16.3. The van der Waals surface area contributed by atoms with Crippen molar-refractivity contribution in [2.75, 3.05) is 13.1 Å². The van der Waals surface area contributed by atoms with Gasteiger partial charge in [0.15, 0.2) is 0 Å². The highest BCUT2D eigenvalue weighted by Crippen LogP contribution is 2.33. The van der Waals surface area contributed by atoms with Crippen LogP contribution in [0.1, 0.15) is 58.8 Å². The van der Waals surface area contributed by atoms with Crippen molar-refractivity contribution in [2.24, 2.45) is 11.8 Å². The van der Waals surface area contributed by atoms with E-state index in [4.69, 9.17) is 0 Å². The van der Waals surface area contributed by atoms with Gasteiger partial charge in [-0.25, -0.2) is 0 Å². The van der Waals surface area contributed by atoms with E-state index in [0.29, 0.717) is 5.92 Å². The molecule has 0 bridgehead atoms. The largest absolute Gasteiger partial charge is 0.393 e. The molecule has 1 aliphatic heterocycles. The number of hydrogen-bond donors (Lipinski definition) is 1. The molecule has 0 spiro atoms. The van der Waals surface area contributed by atoms with Gasteiger partial charge in [0.1, 0.15) is 0 Å². The first-order valence-corrected chi connectivity index (χ1v) is 7.68. The van der Waals surface area contributed by atoms with Gasteiger partial charge in [-0.15, -0.1) is 0 Å². The summed E-state index contributed by atoms with van der Waals surface area (Å²) in [6.07, 6.45) is 9.08. The third-order valence-corrected chi connectivity index (χ3v) is 5.11. The van der Waals surface area contributed by atoms with Gasteiger partial charge in [0.05, 0.1) is 6.10 Å². The minimum atomic E-state index is -0.0417. The Bertz CT molecular complexity index is 231. The lowest BCUT2D eigenvalue weighted by Gasteiger charge is -2.45. The molecule has 0 aromatic carbocycles. The quantitative estimate of drug-likeness (QED) is 0.818. The molecule has 17 heavy (non-hydrogen) atoms. The average Bonchev–Trinajstić information content (AvgIpc) is 2.39. The molecule has 1 aliphatic carbocycles. The van der Waals surface area contributed by atoms with Crippen LogP contribution in [0.4, 0.5) is 0 Å². The molecule has 0 amide bonds. The van der Waals surface area contributed by atoms with Crippen LogP contribution < -0.4 is 0 Å². The number of likely N-dealkylation sites (tertiary alicyclic amines) is 1. The minimum Gasteiger partial charge on any atom is -0.393 e. The molecule has 2 rings (SSSR count). The van der Waals surface area contributed by atoms with Crippen LogP contribution in [0.25, 0.3) is 0 Å². The second-order valence-electron chi connectivity index (χ2n) is 6.04. The van der Waals surface area contributed by atoms with Gasteiger partial charge >= 0.3 is 0 Å². The van der Waals surface area contributed by atoms with Crippen LogP contribution in [-0.4, -0.2) is 35.2 Å². The molecule has 4 unspecified atom stereocenters. The number of nitrogens with zero attached hydrogens (tertiary/aromatic N) is 1. The molecule has 2 fully saturated rings. The van der Waals surface area contributed by atoms with Crippen LogP contribution >= 0.6 is 0 Å². The van der Waals surface area contributed by atoms with Gasteiger partial charge in [0.2, 0.25) is 0 Å². The molecule has 1 heterocycles. The number of aliphatic hydroxyl groups excluding tert-OH is 1. The van der Waals surface area contributed by atoms with Crippen LogP contribution in [0.15, 0.2) is 0 Å². The summed E-state index contributed by atoms with van der Waals surface area (Å²) in [4.78, 5) is 2.70. The zero-order chi connectivity index (χ0) is 12.3. The minimum absolute atomic E-state index is 0.0417. The van der Waals surface area contributed by atoms with Crippen LogP contribution in [-0.2, 0) is 0 Å². The fourth-order valence-electron chi connectivity index (χ4n) is 3.90. The molecule has 100 valence electrons. The number of hydrogen-bond acceptors (Lipinski definition) is 2. The summed E-state index contributed by atoms with van der Waals surface area (Å²) in [5, 5.41) is 9.98. The van der Waals surface area contributed by atoms with E-state index in [1.165, 1.54) is 32.1 Å². The van der Waals surface area contributed by atoms with Gasteiger partial charge < -0.3 is 5.11 Å². The summed E-state index contributed by atoms with van der Waals surface area (Å²) in [6.45, 7) is 6.83. The summed E-state index contributed by atoms with van der Waals surface area (Å²) in [5.41, 5.74) is 0. The van der Waals surface area contributed by atoms with E-state index in [2.05, 4.69) is 18.7 Å². The van der Waals surface area contributed by atoms with Crippen LogP contribution in [0.2, 0.25) is 0 Å². The Morgan fingerprint density at radius 2 is 1.71 bits per heavy atom. The predicted molar refractivity (Wildman–Crippen MR) is 72.0 cm³/mol. The highest BCUT2D eigenvalue weighted by molar-refractivity contribution is 4.88. The predicted octanol–water partition coefficient (Wildman–Crippen LogP) is 3.05. The summed E-state index contributed by atoms with van der Waals surface area (Å²) >= 11 is 0. The molecule has 1 saturated heterocycles. The number of rotatable bonds is 3. The number of aliphatic hydroxyl groups is 1. The lowest BCUT2D eigenvalue weighted by Crippen LogP contribution is -2.50. The third-order valence-electron chi connectivity index (χ3n) is 5.11. The molecule has 0 radical (unpaired) electrons. The van der Waals surface area contributed by atoms with Crippen molar-refractivity contribution in [2.45, 2.75) is 70.9 Å². The first-order valence-electron chi connectivity index (χ1n) is 7.68. The van der Waals surface area contributed by atoms with E-state index in [1.807, 2.05) is 0 Å². The third kappa shape index (κ3) is 3.03. The maximum Gasteiger partial charge on any atom is 0.0592 e. The van der Waals surface area contributed by atoms with Gasteiger partial charge in [-0.3, -0.25) is 4.90 Å². The van der Waals surface area contributed by atoms with Crippen molar-refractivity contribution in [3.63, 3.8) is 0 Å². The van der Waals surface area contributed by atoms with Crippen molar-refractivity contribution in [1.82, 2.24) is 4.90 Å². The molecular weight excluding hydrogens is 210 g/mol. The second kappa shape index (κ2) is 6.19. The molecule has 2 nitrogen and oxygen atoms in total. The highest BCUT2D eigenvalue weighted by Gasteiger charge is 2.34. The smallest absolute Gasteiger partial charge is 0.0592 e. The Labute approximate surface area is 106 Å². The zero-order valence-corrected chi connectivity index (χ0v) is 11.6. The summed E-state index contributed by atoms with van der Waals surface area (Å²) in [6, 6.07) is 0.815. The summed E-state index contributed by atoms with van der Waals surface area (Å²) in [7, 11) is 0. The molecule has 2 heteroatoms. The maximum atomic E-state index is 9.98. The van der Waals surface area contributed by atoms with Gasteiger partial charge in [0, 0.05) is 19.1 Å². The average molecular weight is 239 g/mol. The van der Waals surface area contributed by atoms with Gasteiger partial charge in [0.25, 0.3) is 0 Å². The van der Waals surface area contributed by atoms with E-state index >= 15 is 0 Å². The first-order chi connectivity index (χ1) is 8.26. The van der Waals surface area contributed by atoms with Crippen molar-refractivity contribution >= 4 is 0 Å². The van der Waals surface area contributed by atoms with E-state index in [-0.39, 0.29) is 6.10 Å². The molecule has 4 atom stereocenters. The van der Waals surface area contributed by atoms with Crippen molar-refractivity contribution in [1.29, 1.82) is 0 Å². The Balaban J connectivity index is 1.96. The molecule has 0 aromatic heterocycles. The van der Waals surface area contributed by atoms with E-state index in [9.17, 15) is 5.11 Å². The normalized spacial score (nSPS) is 40.4. The fourth-order valence-corrected chi connectivity index (χ4v) is 3.90. The van der Waals surface area contributed by atoms with Gasteiger partial charge in [-0.2, -0.15) is 0 Å². The van der Waals surface area contributed by atoms with Crippen molar-refractivity contribution < 1.29 is 5.11 Å². The Morgan fingerprint density at radius 1 is 1.00 bits per heavy atom. The van der Waals surface area contributed by atoms with Gasteiger partial charge in [-0.1, -0.05) is 33.1 Å². The van der Waals surface area contributed by atoms with Crippen molar-refractivity contribution in [3.8, 4) is 0 Å². The first kappa shape index (κ1) is 13.4. The molecule has 1 N–H and O–H groups in total. The van der Waals surface area contributed by atoms with E-state index in [0.717, 1.165) is 37.9 Å². The van der Waals surface area contributed by atoms with Crippen LogP contribution in [0.5, 0.6) is 0 Å². The maximum absolute atomic E-state index is 9.98. The summed E-state index contributed by atoms with van der Waals surface area (Å²) in [5.74, 6) is 1.43. The molecular formula is C15H29NO. The lowest BCUT2D eigenvalue weighted by molar-refractivity contribution is -0.0126. The van der Waals surface area contributed by atoms with Crippen LogP contribution in [0.3, 0.4) is 0 Å². The van der Waals surface area contributed by atoms with E-state index < -0.39 is 0 Å². The molecule has 0 aromatic rings. The number of piperidine rings is 1. The van der Waals surface area contributed by atoms with Crippen molar-refractivity contribution in [3.05, 3.63) is 0 Å². The lowest BCUT2D eigenvalue weighted by atomic mass is 9.80.